The van der Waals surface area contributed by atoms with Gasteiger partial charge in [-0.15, -0.1) is 5.23 Å². The molecule has 2 N–H and O–H groups in total. The summed E-state index contributed by atoms with van der Waals surface area (Å²) >= 11 is 0. The normalized spacial score (nSPS) is 9.27. The predicted octanol–water partition coefficient (Wildman–Crippen LogP) is 0.887. The van der Waals surface area contributed by atoms with E-state index in [1.165, 1.54) is 12.1 Å². The Morgan fingerprint density at radius 2 is 1.91 bits per heavy atom. The molecule has 1 amide bonds. The minimum Gasteiger partial charge on any atom is -0.265 e. The third-order valence-electron chi connectivity index (χ3n) is 1.21. The molecule has 3 nitrogen and oxygen atoms in total. The van der Waals surface area contributed by atoms with Gasteiger partial charge in [0, 0.05) is 5.56 Å². The molecule has 1 rings (SSSR count). The summed E-state index contributed by atoms with van der Waals surface area (Å²) < 4.78 is 12.0. The van der Waals surface area contributed by atoms with Crippen LogP contribution in [0.1, 0.15) is 10.4 Å². The van der Waals surface area contributed by atoms with Crippen LogP contribution in [0.2, 0.25) is 0 Å². The van der Waals surface area contributed by atoms with Gasteiger partial charge in [0.05, 0.1) is 0 Å². The molecule has 0 atom stereocenters. The molecule has 11 heavy (non-hydrogen) atoms. The van der Waals surface area contributed by atoms with Crippen LogP contribution in [0.4, 0.5) is 4.48 Å². The fourth-order valence-electron chi connectivity index (χ4n) is 0.704. The molecule has 0 heterocycles. The Morgan fingerprint density at radius 1 is 1.36 bits per heavy atom. The Labute approximate surface area is 63.1 Å². The van der Waals surface area contributed by atoms with Crippen molar-refractivity contribution >= 4 is 5.91 Å². The van der Waals surface area contributed by atoms with E-state index in [0.717, 1.165) is 0 Å². The van der Waals surface area contributed by atoms with Gasteiger partial charge >= 0.3 is 0 Å². The second-order valence-corrected chi connectivity index (χ2v) is 1.98. The minimum atomic E-state index is -0.842. The van der Waals surface area contributed by atoms with Gasteiger partial charge < -0.3 is 0 Å². The highest BCUT2D eigenvalue weighted by atomic mass is 19.2. The van der Waals surface area contributed by atoms with Crippen molar-refractivity contribution < 1.29 is 9.28 Å². The number of benzene rings is 1. The third kappa shape index (κ3) is 1.75. The summed E-state index contributed by atoms with van der Waals surface area (Å²) in [6.07, 6.45) is 0. The topological polar surface area (TPSA) is 46.3 Å². The van der Waals surface area contributed by atoms with Gasteiger partial charge in [-0.05, 0) is 12.1 Å². The molecular weight excluding hydrogens is 147 g/mol. The molecule has 0 aromatic heterocycles. The molecular formula is C7H7FN2O. The average molecular weight is 154 g/mol. The Morgan fingerprint density at radius 3 is 2.36 bits per heavy atom. The number of carbonyl (C=O) groups excluding carboxylic acids is 1. The molecule has 58 valence electrons. The Kier molecular flexibility index (Phi) is 2.18. The van der Waals surface area contributed by atoms with Crippen LogP contribution in [0.15, 0.2) is 30.3 Å². The standard InChI is InChI=1S/C7H7FN2O/c8-10(9)7(11)6-4-2-1-3-5-6/h1-5H,9H2. The van der Waals surface area contributed by atoms with Crippen molar-refractivity contribution in [1.29, 1.82) is 0 Å². The molecule has 0 unspecified atom stereocenters. The maximum Gasteiger partial charge on any atom is 0.296 e. The number of halogens is 1. The van der Waals surface area contributed by atoms with Gasteiger partial charge in [-0.2, -0.15) is 0 Å². The number of nitrogens with two attached hydrogens (primary N) is 1. The van der Waals surface area contributed by atoms with Crippen molar-refractivity contribution in [3.8, 4) is 0 Å². The largest absolute Gasteiger partial charge is 0.296 e. The molecule has 0 fully saturated rings. The monoisotopic (exact) mass is 154 g/mol. The smallest absolute Gasteiger partial charge is 0.265 e. The van der Waals surface area contributed by atoms with Crippen molar-refractivity contribution in [2.45, 2.75) is 0 Å². The molecule has 1 aromatic carbocycles. The van der Waals surface area contributed by atoms with Gasteiger partial charge in [-0.3, -0.25) is 4.79 Å². The summed E-state index contributed by atoms with van der Waals surface area (Å²) in [4.78, 5) is 10.8. The summed E-state index contributed by atoms with van der Waals surface area (Å²) in [5.74, 6) is 3.74. The van der Waals surface area contributed by atoms with Crippen molar-refractivity contribution in [2.24, 2.45) is 5.84 Å². The second-order valence-electron chi connectivity index (χ2n) is 1.98. The second kappa shape index (κ2) is 3.12. The number of amides is 1. The van der Waals surface area contributed by atoms with E-state index >= 15 is 0 Å². The van der Waals surface area contributed by atoms with Crippen LogP contribution in [0.5, 0.6) is 0 Å². The lowest BCUT2D eigenvalue weighted by atomic mass is 10.2. The first-order chi connectivity index (χ1) is 5.22. The Bertz CT molecular complexity index is 248. The molecule has 0 aliphatic carbocycles. The Balaban J connectivity index is 2.86. The number of hydrogen-bond donors (Lipinski definition) is 1. The summed E-state index contributed by atoms with van der Waals surface area (Å²) in [6.45, 7) is 0. The van der Waals surface area contributed by atoms with E-state index in [2.05, 4.69) is 5.84 Å². The number of rotatable bonds is 1. The summed E-state index contributed by atoms with van der Waals surface area (Å²) in [5, 5.41) is -0.435. The minimum absolute atomic E-state index is 0.234. The first kappa shape index (κ1) is 7.68. The molecule has 0 radical (unpaired) electrons. The highest BCUT2D eigenvalue weighted by Crippen LogP contribution is 2.00. The molecule has 4 heteroatoms. The third-order valence-corrected chi connectivity index (χ3v) is 1.21. The maximum absolute atomic E-state index is 12.0. The molecule has 0 saturated carbocycles. The first-order valence-electron chi connectivity index (χ1n) is 3.02. The van der Waals surface area contributed by atoms with Crippen LogP contribution in [0, 0.1) is 0 Å². The number of nitrogens with zero attached hydrogens (tertiary/aromatic N) is 1. The van der Waals surface area contributed by atoms with E-state index in [1.807, 2.05) is 0 Å². The summed E-state index contributed by atoms with van der Waals surface area (Å²) in [5.41, 5.74) is 0.234. The molecule has 0 aliphatic heterocycles. The summed E-state index contributed by atoms with van der Waals surface area (Å²) in [6, 6.07) is 7.98. The molecule has 0 spiro atoms. The zero-order valence-electron chi connectivity index (χ0n) is 5.70. The van der Waals surface area contributed by atoms with Gasteiger partial charge in [0.2, 0.25) is 0 Å². The molecule has 0 aliphatic rings. The quantitative estimate of drug-likeness (QED) is 0.282. The van der Waals surface area contributed by atoms with Crippen LogP contribution < -0.4 is 5.84 Å². The Hall–Kier alpha value is -1.42. The number of hydrazine groups is 1. The van der Waals surface area contributed by atoms with E-state index in [0.29, 0.717) is 0 Å². The first-order valence-corrected chi connectivity index (χ1v) is 3.02. The van der Waals surface area contributed by atoms with E-state index in [9.17, 15) is 9.28 Å². The van der Waals surface area contributed by atoms with Crippen LogP contribution in [0.3, 0.4) is 0 Å². The van der Waals surface area contributed by atoms with E-state index < -0.39 is 11.1 Å². The van der Waals surface area contributed by atoms with Crippen molar-refractivity contribution in [3.05, 3.63) is 35.9 Å². The van der Waals surface area contributed by atoms with Crippen LogP contribution >= 0.6 is 0 Å². The average Bonchev–Trinajstić information content (AvgIpc) is 2.05. The van der Waals surface area contributed by atoms with E-state index in [-0.39, 0.29) is 5.56 Å². The molecule has 1 aromatic rings. The van der Waals surface area contributed by atoms with Gasteiger partial charge in [-0.25, -0.2) is 5.84 Å². The number of carbonyl (C=O) groups is 1. The van der Waals surface area contributed by atoms with Crippen LogP contribution in [-0.2, 0) is 0 Å². The summed E-state index contributed by atoms with van der Waals surface area (Å²) in [7, 11) is 0. The van der Waals surface area contributed by atoms with Gasteiger partial charge in [0.1, 0.15) is 0 Å². The maximum atomic E-state index is 12.0. The van der Waals surface area contributed by atoms with E-state index in [1.54, 1.807) is 18.2 Å². The number of hydrogen-bond acceptors (Lipinski definition) is 2. The van der Waals surface area contributed by atoms with E-state index in [4.69, 9.17) is 0 Å². The lowest BCUT2D eigenvalue weighted by molar-refractivity contribution is 0.0192. The van der Waals surface area contributed by atoms with Crippen molar-refractivity contribution in [3.63, 3.8) is 0 Å². The fraction of sp³-hybridized carbons (Fsp3) is 0. The van der Waals surface area contributed by atoms with Crippen LogP contribution in [0.25, 0.3) is 0 Å². The predicted molar refractivity (Wildman–Crippen MR) is 37.9 cm³/mol. The lowest BCUT2D eigenvalue weighted by Crippen LogP contribution is -2.28. The fourth-order valence-corrected chi connectivity index (χ4v) is 0.704. The zero-order valence-corrected chi connectivity index (χ0v) is 5.70. The lowest BCUT2D eigenvalue weighted by Gasteiger charge is -2.02. The SMILES string of the molecule is NN(F)C(=O)c1ccccc1. The molecule has 0 saturated heterocycles. The van der Waals surface area contributed by atoms with Crippen molar-refractivity contribution in [2.75, 3.05) is 0 Å². The van der Waals surface area contributed by atoms with Gasteiger partial charge in [0.15, 0.2) is 0 Å². The molecule has 0 bridgehead atoms. The van der Waals surface area contributed by atoms with Gasteiger partial charge in [-0.1, -0.05) is 22.7 Å². The highest BCUT2D eigenvalue weighted by molar-refractivity contribution is 5.92. The van der Waals surface area contributed by atoms with Crippen molar-refractivity contribution in [1.82, 2.24) is 5.23 Å². The van der Waals surface area contributed by atoms with Gasteiger partial charge in [0.25, 0.3) is 5.91 Å². The zero-order chi connectivity index (χ0) is 8.27. The highest BCUT2D eigenvalue weighted by Gasteiger charge is 2.09. The van der Waals surface area contributed by atoms with Crippen LogP contribution in [-0.4, -0.2) is 11.1 Å².